The number of hydrogen-bond donors (Lipinski definition) is 4. The predicted molar refractivity (Wildman–Crippen MR) is 141 cm³/mol. The number of nitrogens with one attached hydrogen (secondary N) is 2. The Morgan fingerprint density at radius 3 is 2.48 bits per heavy atom. The fraction of sp³-hybridized carbons (Fsp3) is 0.231. The topological polar surface area (TPSA) is 147 Å². The maximum Gasteiger partial charge on any atom is 0.416 e. The number of halogens is 3. The summed E-state index contributed by atoms with van der Waals surface area (Å²) in [6.45, 7) is 6.64. The van der Waals surface area contributed by atoms with Crippen LogP contribution in [0.1, 0.15) is 30.5 Å². The number of rotatable bonds is 8. The summed E-state index contributed by atoms with van der Waals surface area (Å²) in [6.07, 6.45) is -3.45. The second kappa shape index (κ2) is 11.1. The molecule has 3 aromatic rings. The third-order valence-electron chi connectivity index (χ3n) is 5.74. The van der Waals surface area contributed by atoms with Crippen molar-refractivity contribution >= 4 is 23.2 Å². The van der Waals surface area contributed by atoms with Crippen molar-refractivity contribution in [3.63, 3.8) is 0 Å². The highest BCUT2D eigenvalue weighted by Crippen LogP contribution is 2.34. The minimum atomic E-state index is -4.67. The number of hydroxylamine groups is 2. The highest BCUT2D eigenvalue weighted by Gasteiger charge is 2.31. The molecule has 0 radical (unpaired) electrons. The van der Waals surface area contributed by atoms with Gasteiger partial charge in [0.15, 0.2) is 5.82 Å². The van der Waals surface area contributed by atoms with Crippen LogP contribution in [0.25, 0.3) is 11.3 Å². The Bertz CT molecular complexity index is 1530. The van der Waals surface area contributed by atoms with Gasteiger partial charge < -0.3 is 21.2 Å². The number of oxime groups is 1. The lowest BCUT2D eigenvalue weighted by molar-refractivity contribution is -0.137. The zero-order chi connectivity index (χ0) is 29.2. The molecule has 0 bridgehead atoms. The molecule has 40 heavy (non-hydrogen) atoms. The predicted octanol–water partition coefficient (Wildman–Crippen LogP) is 3.50. The summed E-state index contributed by atoms with van der Waals surface area (Å²) in [5.41, 5.74) is 5.08. The molecule has 0 aliphatic carbocycles. The third-order valence-corrected chi connectivity index (χ3v) is 5.74. The molecule has 11 nitrogen and oxygen atoms in total. The van der Waals surface area contributed by atoms with E-state index in [1.165, 1.54) is 12.3 Å². The zero-order valence-corrected chi connectivity index (χ0v) is 21.5. The van der Waals surface area contributed by atoms with Gasteiger partial charge in [0, 0.05) is 29.4 Å². The quantitative estimate of drug-likeness (QED) is 0.308. The first-order valence-corrected chi connectivity index (χ1v) is 12.0. The molecule has 0 atom stereocenters. The highest BCUT2D eigenvalue weighted by molar-refractivity contribution is 5.99. The molecule has 0 saturated carbocycles. The van der Waals surface area contributed by atoms with Crippen LogP contribution < -0.4 is 21.9 Å². The van der Waals surface area contributed by atoms with Gasteiger partial charge in [-0.1, -0.05) is 29.4 Å². The molecule has 0 spiro atoms. The van der Waals surface area contributed by atoms with Crippen molar-refractivity contribution in [3.05, 3.63) is 88.2 Å². The van der Waals surface area contributed by atoms with Gasteiger partial charge in [0.05, 0.1) is 17.5 Å². The fourth-order valence-electron chi connectivity index (χ4n) is 3.85. The first-order valence-electron chi connectivity index (χ1n) is 12.0. The molecule has 1 aliphatic rings. The van der Waals surface area contributed by atoms with Crippen molar-refractivity contribution < 1.29 is 28.0 Å². The van der Waals surface area contributed by atoms with Crippen LogP contribution in [0, 0.1) is 0 Å². The number of nitrogens with zero attached hydrogens (tertiary/aromatic N) is 4. The number of amidine groups is 1. The largest absolute Gasteiger partial charge is 0.416 e. The van der Waals surface area contributed by atoms with Gasteiger partial charge in [-0.25, -0.2) is 4.98 Å². The second-order valence-corrected chi connectivity index (χ2v) is 9.21. The van der Waals surface area contributed by atoms with Gasteiger partial charge in [-0.3, -0.25) is 19.4 Å². The number of nitrogens with two attached hydrogens (primary N) is 1. The number of amides is 1. The number of carbonyl (C=O) groups is 1. The Balaban J connectivity index is 1.57. The molecule has 0 saturated heterocycles. The molecule has 2 aromatic carbocycles. The Morgan fingerprint density at radius 1 is 1.18 bits per heavy atom. The van der Waals surface area contributed by atoms with Crippen LogP contribution in [-0.2, 0) is 28.9 Å². The number of alkyl halides is 3. The van der Waals surface area contributed by atoms with Crippen molar-refractivity contribution in [3.8, 4) is 11.3 Å². The number of aromatic nitrogens is 2. The van der Waals surface area contributed by atoms with Crippen LogP contribution in [0.5, 0.6) is 0 Å². The number of benzene rings is 2. The second-order valence-electron chi connectivity index (χ2n) is 9.21. The monoisotopic (exact) mass is 557 g/mol. The van der Waals surface area contributed by atoms with E-state index in [0.717, 1.165) is 16.7 Å². The molecule has 14 heteroatoms. The molecule has 1 amide bonds. The van der Waals surface area contributed by atoms with E-state index in [1.807, 2.05) is 0 Å². The lowest BCUT2D eigenvalue weighted by Gasteiger charge is -2.17. The van der Waals surface area contributed by atoms with Crippen molar-refractivity contribution in [2.45, 2.75) is 39.2 Å². The van der Waals surface area contributed by atoms with Gasteiger partial charge in [0.1, 0.15) is 6.54 Å². The zero-order valence-electron chi connectivity index (χ0n) is 21.5. The molecule has 5 N–H and O–H groups in total. The van der Waals surface area contributed by atoms with Crippen LogP contribution in [0.15, 0.2) is 71.1 Å². The molecule has 210 valence electrons. The molecule has 4 rings (SSSR count). The molecule has 1 aliphatic heterocycles. The van der Waals surface area contributed by atoms with Crippen LogP contribution >= 0.6 is 0 Å². The Kier molecular flexibility index (Phi) is 7.81. The van der Waals surface area contributed by atoms with Crippen LogP contribution in [0.4, 0.5) is 24.7 Å². The maximum absolute atomic E-state index is 13.4. The van der Waals surface area contributed by atoms with E-state index in [1.54, 1.807) is 38.1 Å². The van der Waals surface area contributed by atoms with E-state index in [4.69, 9.17) is 10.6 Å². The van der Waals surface area contributed by atoms with E-state index in [0.29, 0.717) is 16.2 Å². The van der Waals surface area contributed by atoms with Crippen LogP contribution in [0.2, 0.25) is 0 Å². The van der Waals surface area contributed by atoms with Crippen molar-refractivity contribution in [2.24, 2.45) is 5.16 Å². The van der Waals surface area contributed by atoms with Crippen LogP contribution in [0.3, 0.4) is 0 Å². The fourth-order valence-corrected chi connectivity index (χ4v) is 3.85. The SMILES string of the molecule is C=C1ON=C(c2ccc(CNC(=O)Cn3c(-c4cc(N)cc(C(F)(F)F)c4)cnc(NC(C)C)c3=O)cc2)N1O. The van der Waals surface area contributed by atoms with Gasteiger partial charge >= 0.3 is 6.18 Å². The summed E-state index contributed by atoms with van der Waals surface area (Å²) < 4.78 is 41.3. The number of nitrogen functional groups attached to an aromatic ring is 1. The first kappa shape index (κ1) is 28.2. The van der Waals surface area contributed by atoms with Crippen molar-refractivity contribution in [1.82, 2.24) is 19.9 Å². The molecule has 2 heterocycles. The normalized spacial score (nSPS) is 13.3. The summed E-state index contributed by atoms with van der Waals surface area (Å²) in [5, 5.41) is 19.9. The van der Waals surface area contributed by atoms with E-state index in [-0.39, 0.29) is 47.1 Å². The Morgan fingerprint density at radius 2 is 1.88 bits per heavy atom. The van der Waals surface area contributed by atoms with Crippen LogP contribution in [-0.4, -0.2) is 37.6 Å². The van der Waals surface area contributed by atoms with E-state index in [9.17, 15) is 28.0 Å². The average molecular weight is 558 g/mol. The van der Waals surface area contributed by atoms with Gasteiger partial charge in [-0.2, -0.15) is 18.2 Å². The molecule has 0 fully saturated rings. The lowest BCUT2D eigenvalue weighted by Crippen LogP contribution is -2.35. The van der Waals surface area contributed by atoms with Gasteiger partial charge in [-0.05, 0) is 44.2 Å². The van der Waals surface area contributed by atoms with E-state index in [2.05, 4.69) is 27.4 Å². The number of anilines is 2. The standard InChI is InChI=1S/C26H26F3N7O4/c1-14(2)33-23-25(38)35(21(12-32-23)18-8-19(26(27,28)29)10-20(30)9-18)13-22(37)31-11-16-4-6-17(7-5-16)24-34-40-15(3)36(24)39/h4-10,12,14,39H,3,11,13,30H2,1-2H3,(H,31,37)(H,32,33). The summed E-state index contributed by atoms with van der Waals surface area (Å²) in [7, 11) is 0. The summed E-state index contributed by atoms with van der Waals surface area (Å²) in [4.78, 5) is 35.0. The molecule has 1 aromatic heterocycles. The first-order chi connectivity index (χ1) is 18.8. The minimum Gasteiger partial charge on any atom is -0.399 e. The van der Waals surface area contributed by atoms with Gasteiger partial charge in [0.25, 0.3) is 5.56 Å². The molecular formula is C26H26F3N7O4. The van der Waals surface area contributed by atoms with E-state index >= 15 is 0 Å². The third kappa shape index (κ3) is 6.23. The maximum atomic E-state index is 13.4. The highest BCUT2D eigenvalue weighted by atomic mass is 19.4. The number of carbonyl (C=O) groups excluding carboxylic acids is 1. The van der Waals surface area contributed by atoms with Crippen molar-refractivity contribution in [2.75, 3.05) is 11.1 Å². The summed E-state index contributed by atoms with van der Waals surface area (Å²) >= 11 is 0. The average Bonchev–Trinajstić information content (AvgIpc) is 3.22. The van der Waals surface area contributed by atoms with Gasteiger partial charge in [0.2, 0.25) is 17.6 Å². The Hall–Kier alpha value is -4.85. The molecule has 0 unspecified atom stereocenters. The minimum absolute atomic E-state index is 0.00804. The Labute approximate surface area is 226 Å². The van der Waals surface area contributed by atoms with E-state index < -0.39 is 29.8 Å². The van der Waals surface area contributed by atoms with Gasteiger partial charge in [-0.15, -0.1) is 0 Å². The summed E-state index contributed by atoms with van der Waals surface area (Å²) in [6, 6.07) is 9.42. The number of hydrogen-bond acceptors (Lipinski definition) is 9. The smallest absolute Gasteiger partial charge is 0.399 e. The lowest BCUT2D eigenvalue weighted by atomic mass is 10.1. The molecular weight excluding hydrogens is 531 g/mol. The summed E-state index contributed by atoms with van der Waals surface area (Å²) in [5.74, 6) is -0.523. The van der Waals surface area contributed by atoms with Crippen molar-refractivity contribution in [1.29, 1.82) is 0 Å².